The number of non-ortho nitro benzene ring substituents is 1. The Labute approximate surface area is 207 Å². The molecule has 4 aromatic rings. The van der Waals surface area contributed by atoms with Crippen LogP contribution in [0.2, 0.25) is 0 Å². The molecule has 1 aliphatic heterocycles. The Morgan fingerprint density at radius 1 is 0.972 bits per heavy atom. The molecule has 1 saturated heterocycles. The maximum atomic E-state index is 11.4. The Bertz CT molecular complexity index is 1450. The standard InChI is InChI=1S/C28H22N4O4/c29-18-24-26(20-7-3-1-4-8-20)27(21-9-5-2-6-10-21)36-28(24)30-19-22-17-23(32(33)34)11-12-25(22)31-13-15-35-16-14-31/h1-12,17,19H,13-16H2. The van der Waals surface area contributed by atoms with E-state index < -0.39 is 4.92 Å². The van der Waals surface area contributed by atoms with Crippen molar-refractivity contribution in [2.24, 2.45) is 4.99 Å². The molecule has 1 fully saturated rings. The summed E-state index contributed by atoms with van der Waals surface area (Å²) >= 11 is 0. The molecule has 5 rings (SSSR count). The lowest BCUT2D eigenvalue weighted by atomic mass is 9.98. The fraction of sp³-hybridized carbons (Fsp3) is 0.143. The first-order chi connectivity index (χ1) is 17.7. The minimum Gasteiger partial charge on any atom is -0.436 e. The summed E-state index contributed by atoms with van der Waals surface area (Å²) in [5.74, 6) is 0.688. The van der Waals surface area contributed by atoms with Crippen molar-refractivity contribution in [3.05, 3.63) is 100 Å². The third-order valence-electron chi connectivity index (χ3n) is 5.99. The number of morpholine rings is 1. The molecule has 1 aromatic heterocycles. The van der Waals surface area contributed by atoms with Crippen molar-refractivity contribution in [1.82, 2.24) is 0 Å². The predicted molar refractivity (Wildman–Crippen MR) is 138 cm³/mol. The van der Waals surface area contributed by atoms with Gasteiger partial charge in [-0.05, 0) is 11.6 Å². The molecule has 36 heavy (non-hydrogen) atoms. The van der Waals surface area contributed by atoms with E-state index in [4.69, 9.17) is 9.15 Å². The quantitative estimate of drug-likeness (QED) is 0.192. The highest BCUT2D eigenvalue weighted by atomic mass is 16.6. The van der Waals surface area contributed by atoms with Gasteiger partial charge >= 0.3 is 0 Å². The second kappa shape index (κ2) is 10.3. The number of rotatable bonds is 6. The minimum atomic E-state index is -0.435. The Hall–Kier alpha value is -4.74. The number of nitrogens with zero attached hydrogens (tertiary/aromatic N) is 4. The minimum absolute atomic E-state index is 0.0386. The molecule has 0 radical (unpaired) electrons. The molecule has 0 bridgehead atoms. The van der Waals surface area contributed by atoms with E-state index >= 15 is 0 Å². The van der Waals surface area contributed by atoms with Crippen LogP contribution in [-0.2, 0) is 4.74 Å². The topological polar surface area (TPSA) is 105 Å². The van der Waals surface area contributed by atoms with E-state index in [2.05, 4.69) is 16.0 Å². The van der Waals surface area contributed by atoms with E-state index in [9.17, 15) is 15.4 Å². The maximum Gasteiger partial charge on any atom is 0.270 e. The highest BCUT2D eigenvalue weighted by Crippen LogP contribution is 2.42. The third-order valence-corrected chi connectivity index (χ3v) is 5.99. The van der Waals surface area contributed by atoms with E-state index in [1.54, 1.807) is 6.07 Å². The summed E-state index contributed by atoms with van der Waals surface area (Å²) in [5, 5.41) is 21.5. The largest absolute Gasteiger partial charge is 0.436 e. The number of ether oxygens (including phenoxy) is 1. The summed E-state index contributed by atoms with van der Waals surface area (Å²) in [6.45, 7) is 2.48. The fourth-order valence-corrected chi connectivity index (χ4v) is 4.27. The SMILES string of the molecule is N#Cc1c(N=Cc2cc([N+](=O)[O-])ccc2N2CCOCC2)oc(-c2ccccc2)c1-c1ccccc1. The van der Waals surface area contributed by atoms with Crippen molar-refractivity contribution in [2.75, 3.05) is 31.2 Å². The monoisotopic (exact) mass is 478 g/mol. The molecule has 0 N–H and O–H groups in total. The van der Waals surface area contributed by atoms with E-state index in [1.807, 2.05) is 60.7 Å². The molecule has 1 aliphatic rings. The molecule has 0 amide bonds. The number of anilines is 1. The van der Waals surface area contributed by atoms with Gasteiger partial charge in [0.2, 0.25) is 5.88 Å². The van der Waals surface area contributed by atoms with Crippen molar-refractivity contribution >= 4 is 23.5 Å². The maximum absolute atomic E-state index is 11.4. The van der Waals surface area contributed by atoms with Gasteiger partial charge in [0.05, 0.1) is 18.1 Å². The number of hydrogen-bond acceptors (Lipinski definition) is 7. The van der Waals surface area contributed by atoms with Crippen LogP contribution in [0, 0.1) is 21.4 Å². The van der Waals surface area contributed by atoms with Gasteiger partial charge in [0, 0.05) is 53.8 Å². The summed E-state index contributed by atoms with van der Waals surface area (Å²) in [7, 11) is 0. The van der Waals surface area contributed by atoms with Gasteiger partial charge < -0.3 is 14.1 Å². The first-order valence-corrected chi connectivity index (χ1v) is 11.5. The molecule has 0 spiro atoms. The van der Waals surface area contributed by atoms with Gasteiger partial charge in [-0.3, -0.25) is 10.1 Å². The Morgan fingerprint density at radius 3 is 2.28 bits per heavy atom. The van der Waals surface area contributed by atoms with Crippen LogP contribution in [0.15, 0.2) is 88.3 Å². The van der Waals surface area contributed by atoms with Gasteiger partial charge in [-0.25, -0.2) is 4.99 Å². The summed E-state index contributed by atoms with van der Waals surface area (Å²) in [6.07, 6.45) is 1.53. The summed E-state index contributed by atoms with van der Waals surface area (Å²) in [5.41, 5.74) is 3.95. The lowest BCUT2D eigenvalue weighted by molar-refractivity contribution is -0.384. The zero-order valence-electron chi connectivity index (χ0n) is 19.3. The number of nitro groups is 1. The van der Waals surface area contributed by atoms with Gasteiger partial charge in [-0.2, -0.15) is 5.26 Å². The van der Waals surface area contributed by atoms with Crippen LogP contribution in [0.25, 0.3) is 22.5 Å². The van der Waals surface area contributed by atoms with Crippen LogP contribution >= 0.6 is 0 Å². The summed E-state index contributed by atoms with van der Waals surface area (Å²) in [4.78, 5) is 17.7. The van der Waals surface area contributed by atoms with E-state index in [0.717, 1.165) is 16.8 Å². The van der Waals surface area contributed by atoms with Crippen molar-refractivity contribution in [2.45, 2.75) is 0 Å². The van der Waals surface area contributed by atoms with Gasteiger partial charge in [0.25, 0.3) is 5.69 Å². The molecule has 0 unspecified atom stereocenters. The molecular formula is C28H22N4O4. The smallest absolute Gasteiger partial charge is 0.270 e. The number of nitro benzene ring substituents is 1. The van der Waals surface area contributed by atoms with Crippen molar-refractivity contribution in [3.8, 4) is 28.5 Å². The zero-order chi connectivity index (χ0) is 24.9. The molecule has 0 atom stereocenters. The third kappa shape index (κ3) is 4.60. The molecule has 2 heterocycles. The number of aliphatic imine (C=N–C) groups is 1. The fourth-order valence-electron chi connectivity index (χ4n) is 4.27. The average Bonchev–Trinajstić information content (AvgIpc) is 3.31. The van der Waals surface area contributed by atoms with Gasteiger partial charge in [-0.1, -0.05) is 60.7 Å². The molecule has 0 aliphatic carbocycles. The van der Waals surface area contributed by atoms with E-state index in [-0.39, 0.29) is 11.6 Å². The van der Waals surface area contributed by atoms with Crippen LogP contribution in [-0.4, -0.2) is 37.4 Å². The van der Waals surface area contributed by atoms with Crippen LogP contribution in [0.4, 0.5) is 17.3 Å². The number of benzene rings is 3. The predicted octanol–water partition coefficient (Wildman–Crippen LogP) is 5.98. The van der Waals surface area contributed by atoms with Gasteiger partial charge in [0.15, 0.2) is 0 Å². The highest BCUT2D eigenvalue weighted by molar-refractivity contribution is 5.93. The second-order valence-corrected chi connectivity index (χ2v) is 8.19. The highest BCUT2D eigenvalue weighted by Gasteiger charge is 2.23. The lowest BCUT2D eigenvalue weighted by Gasteiger charge is -2.29. The number of furan rings is 1. The molecule has 8 heteroatoms. The lowest BCUT2D eigenvalue weighted by Crippen LogP contribution is -2.36. The molecule has 3 aromatic carbocycles. The van der Waals surface area contributed by atoms with Crippen molar-refractivity contribution in [3.63, 3.8) is 0 Å². The summed E-state index contributed by atoms with van der Waals surface area (Å²) < 4.78 is 11.6. The Balaban J connectivity index is 1.63. The van der Waals surface area contributed by atoms with Crippen LogP contribution in [0.1, 0.15) is 11.1 Å². The second-order valence-electron chi connectivity index (χ2n) is 8.19. The molecular weight excluding hydrogens is 456 g/mol. The number of hydrogen-bond donors (Lipinski definition) is 0. The molecule has 178 valence electrons. The average molecular weight is 479 g/mol. The Morgan fingerprint density at radius 2 is 1.64 bits per heavy atom. The molecule has 8 nitrogen and oxygen atoms in total. The van der Waals surface area contributed by atoms with Crippen molar-refractivity contribution < 1.29 is 14.1 Å². The summed E-state index contributed by atoms with van der Waals surface area (Å²) in [6, 6.07) is 26.0. The molecule has 0 saturated carbocycles. The van der Waals surface area contributed by atoms with Gasteiger partial charge in [-0.15, -0.1) is 0 Å². The van der Waals surface area contributed by atoms with Gasteiger partial charge in [0.1, 0.15) is 17.4 Å². The van der Waals surface area contributed by atoms with Crippen LogP contribution < -0.4 is 4.90 Å². The first kappa shape index (κ1) is 23.0. The van der Waals surface area contributed by atoms with Crippen LogP contribution in [0.5, 0.6) is 0 Å². The normalized spacial score (nSPS) is 13.6. The van der Waals surface area contributed by atoms with E-state index in [1.165, 1.54) is 18.3 Å². The van der Waals surface area contributed by atoms with E-state index in [0.29, 0.717) is 48.8 Å². The Kier molecular flexibility index (Phi) is 6.56. The zero-order valence-corrected chi connectivity index (χ0v) is 19.3. The van der Waals surface area contributed by atoms with Crippen LogP contribution in [0.3, 0.4) is 0 Å². The number of nitriles is 1. The first-order valence-electron chi connectivity index (χ1n) is 11.5. The van der Waals surface area contributed by atoms with Crippen molar-refractivity contribution in [1.29, 1.82) is 5.26 Å².